The third kappa shape index (κ3) is 6.50. The number of aliphatic hydroxyl groups is 2. The third-order valence-corrected chi connectivity index (χ3v) is 8.00. The smallest absolute Gasteiger partial charge is 0.309 e. The minimum absolute atomic E-state index is 0.0126. The molecule has 7 heteroatoms. The van der Waals surface area contributed by atoms with E-state index in [0.717, 1.165) is 18.4 Å². The van der Waals surface area contributed by atoms with Crippen LogP contribution in [0.4, 0.5) is 0 Å². The molecule has 35 heavy (non-hydrogen) atoms. The molecule has 1 aromatic heterocycles. The Balaban J connectivity index is 1.89. The number of esters is 1. The molecule has 2 unspecified atom stereocenters. The quantitative estimate of drug-likeness (QED) is 0.461. The standard InChI is InChI=1S/C28H41NO6/c1-15-8-9-23(16(2)11-21-14-34-19(5)29-21)35-25(31)13-24(30)28(6,7)27(33)18(4)26(32)17(3)22-12-20(22)10-15/h8,11,14,17-18,20,22-24,26,30,32H,9-10,12-13H2,1-7H3/b15-8-,16-11?/t17-,18+,20?,22?,23+,24-,26-/m0/s1. The van der Waals surface area contributed by atoms with Gasteiger partial charge in [-0.15, -0.1) is 0 Å². The molecule has 0 spiro atoms. The molecule has 1 aromatic rings. The van der Waals surface area contributed by atoms with Gasteiger partial charge in [0.15, 0.2) is 5.89 Å². The topological polar surface area (TPSA) is 110 Å². The molecule has 3 rings (SSSR count). The number of oxazole rings is 1. The van der Waals surface area contributed by atoms with Gasteiger partial charge in [-0.1, -0.05) is 39.3 Å². The monoisotopic (exact) mass is 487 g/mol. The first-order valence-corrected chi connectivity index (χ1v) is 12.7. The highest BCUT2D eigenvalue weighted by Gasteiger charge is 2.47. The summed E-state index contributed by atoms with van der Waals surface area (Å²) in [5.74, 6) is -0.0734. The van der Waals surface area contributed by atoms with Gasteiger partial charge < -0.3 is 19.4 Å². The van der Waals surface area contributed by atoms with Crippen LogP contribution in [-0.2, 0) is 14.3 Å². The van der Waals surface area contributed by atoms with Crippen LogP contribution < -0.4 is 0 Å². The number of hydrogen-bond donors (Lipinski definition) is 2. The largest absolute Gasteiger partial charge is 0.457 e. The van der Waals surface area contributed by atoms with E-state index in [1.165, 1.54) is 5.57 Å². The van der Waals surface area contributed by atoms with E-state index in [-0.39, 0.29) is 18.1 Å². The van der Waals surface area contributed by atoms with E-state index in [9.17, 15) is 19.8 Å². The maximum atomic E-state index is 13.3. The molecule has 7 atom stereocenters. The summed E-state index contributed by atoms with van der Waals surface area (Å²) < 4.78 is 11.1. The van der Waals surface area contributed by atoms with Crippen LogP contribution in [0.15, 0.2) is 27.9 Å². The van der Waals surface area contributed by atoms with Crippen molar-refractivity contribution in [2.45, 2.75) is 92.5 Å². The second kappa shape index (κ2) is 10.8. The SMILES string of the molecule is CC(=Cc1coc(C)n1)[C@H]1C/C=C(/C)CC2CC2[C@H](C)[C@H](O)[C@@H](C)C(=O)C(C)(C)[C@@H](O)CC(=O)O1. The average Bonchev–Trinajstić information content (AvgIpc) is 3.43. The predicted octanol–water partition coefficient (Wildman–Crippen LogP) is 4.65. The van der Waals surface area contributed by atoms with Crippen LogP contribution >= 0.6 is 0 Å². The number of rotatable bonds is 2. The Morgan fingerprint density at radius 3 is 2.49 bits per heavy atom. The second-order valence-corrected chi connectivity index (χ2v) is 11.3. The van der Waals surface area contributed by atoms with Crippen LogP contribution in [0.3, 0.4) is 0 Å². The summed E-state index contributed by atoms with van der Waals surface area (Å²) in [7, 11) is 0. The van der Waals surface area contributed by atoms with Crippen molar-refractivity contribution >= 4 is 17.8 Å². The number of allylic oxidation sites excluding steroid dienone is 1. The molecule has 1 saturated carbocycles. The zero-order valence-electron chi connectivity index (χ0n) is 22.1. The summed E-state index contributed by atoms with van der Waals surface area (Å²) in [6.07, 6.45) is 5.10. The fourth-order valence-corrected chi connectivity index (χ4v) is 5.29. The molecular weight excluding hydrogens is 446 g/mol. The number of aliphatic hydroxyl groups excluding tert-OH is 2. The molecule has 2 heterocycles. The van der Waals surface area contributed by atoms with Gasteiger partial charge in [0, 0.05) is 19.3 Å². The number of cyclic esters (lactones) is 1. The van der Waals surface area contributed by atoms with Gasteiger partial charge >= 0.3 is 5.97 Å². The minimum Gasteiger partial charge on any atom is -0.457 e. The lowest BCUT2D eigenvalue weighted by Crippen LogP contribution is -2.46. The van der Waals surface area contributed by atoms with E-state index >= 15 is 0 Å². The fraction of sp³-hybridized carbons (Fsp3) is 0.679. The van der Waals surface area contributed by atoms with Gasteiger partial charge in [0.1, 0.15) is 23.8 Å². The maximum absolute atomic E-state index is 13.3. The molecule has 1 aliphatic heterocycles. The van der Waals surface area contributed by atoms with Crippen molar-refractivity contribution in [1.29, 1.82) is 0 Å². The number of nitrogens with zero attached hydrogens (tertiary/aromatic N) is 1. The van der Waals surface area contributed by atoms with E-state index in [2.05, 4.69) is 18.0 Å². The lowest BCUT2D eigenvalue weighted by Gasteiger charge is -2.34. The van der Waals surface area contributed by atoms with E-state index in [0.29, 0.717) is 29.8 Å². The molecule has 7 nitrogen and oxygen atoms in total. The Kier molecular flexibility index (Phi) is 8.43. The molecule has 0 radical (unpaired) electrons. The molecular formula is C28H41NO6. The Bertz CT molecular complexity index is 989. The Morgan fingerprint density at radius 1 is 1.17 bits per heavy atom. The third-order valence-electron chi connectivity index (χ3n) is 8.00. The first kappa shape index (κ1) is 27.3. The molecule has 2 N–H and O–H groups in total. The average molecular weight is 488 g/mol. The van der Waals surface area contributed by atoms with Crippen molar-refractivity contribution in [3.8, 4) is 0 Å². The number of ketones is 1. The summed E-state index contributed by atoms with van der Waals surface area (Å²) in [5, 5.41) is 21.8. The van der Waals surface area contributed by atoms with Crippen LogP contribution in [0.5, 0.6) is 0 Å². The zero-order valence-corrected chi connectivity index (χ0v) is 22.1. The summed E-state index contributed by atoms with van der Waals surface area (Å²) in [4.78, 5) is 30.4. The van der Waals surface area contributed by atoms with Crippen LogP contribution in [0.25, 0.3) is 6.08 Å². The fourth-order valence-electron chi connectivity index (χ4n) is 5.29. The number of aromatic nitrogens is 1. The van der Waals surface area contributed by atoms with Crippen LogP contribution in [0, 0.1) is 36.0 Å². The normalized spacial score (nSPS) is 36.7. The molecule has 2 aliphatic rings. The Hall–Kier alpha value is -2.25. The van der Waals surface area contributed by atoms with Crippen LogP contribution in [-0.4, -0.2) is 45.3 Å². The van der Waals surface area contributed by atoms with Gasteiger partial charge in [0.2, 0.25) is 0 Å². The predicted molar refractivity (Wildman–Crippen MR) is 133 cm³/mol. The number of Topliss-reactive ketones (excluding diaryl/α,β-unsaturated/α-hetero) is 1. The lowest BCUT2D eigenvalue weighted by atomic mass is 9.72. The first-order chi connectivity index (χ1) is 16.3. The number of ether oxygens (including phenoxy) is 1. The maximum Gasteiger partial charge on any atom is 0.309 e. The van der Waals surface area contributed by atoms with E-state index in [1.54, 1.807) is 34.0 Å². The van der Waals surface area contributed by atoms with Gasteiger partial charge in [0.05, 0.1) is 24.0 Å². The van der Waals surface area contributed by atoms with Crippen LogP contribution in [0.1, 0.15) is 78.8 Å². The summed E-state index contributed by atoms with van der Waals surface area (Å²) in [6, 6.07) is 0. The number of hydrogen-bond acceptors (Lipinski definition) is 7. The molecule has 0 bridgehead atoms. The molecule has 0 aromatic carbocycles. The highest BCUT2D eigenvalue weighted by Crippen LogP contribution is 2.50. The van der Waals surface area contributed by atoms with Crippen molar-refractivity contribution in [2.24, 2.45) is 29.1 Å². The summed E-state index contributed by atoms with van der Waals surface area (Å²) in [6.45, 7) is 12.7. The Labute approximate surface area is 208 Å². The summed E-state index contributed by atoms with van der Waals surface area (Å²) in [5.41, 5.74) is 1.48. The number of fused-ring (bicyclic) bond motifs is 1. The minimum atomic E-state index is -1.23. The van der Waals surface area contributed by atoms with Crippen molar-refractivity contribution in [3.63, 3.8) is 0 Å². The van der Waals surface area contributed by atoms with Crippen molar-refractivity contribution < 1.29 is 29.0 Å². The van der Waals surface area contributed by atoms with E-state index in [1.807, 2.05) is 19.9 Å². The summed E-state index contributed by atoms with van der Waals surface area (Å²) >= 11 is 0. The molecule has 0 saturated heterocycles. The highest BCUT2D eigenvalue weighted by atomic mass is 16.5. The second-order valence-electron chi connectivity index (χ2n) is 11.3. The number of carbonyl (C=O) groups is 2. The number of aryl methyl sites for hydroxylation is 1. The lowest BCUT2D eigenvalue weighted by molar-refractivity contribution is -0.154. The van der Waals surface area contributed by atoms with Crippen molar-refractivity contribution in [3.05, 3.63) is 35.1 Å². The van der Waals surface area contributed by atoms with Crippen molar-refractivity contribution in [2.75, 3.05) is 0 Å². The Morgan fingerprint density at radius 2 is 1.86 bits per heavy atom. The first-order valence-electron chi connectivity index (χ1n) is 12.7. The van der Waals surface area contributed by atoms with Gasteiger partial charge in [0.25, 0.3) is 0 Å². The van der Waals surface area contributed by atoms with Crippen LogP contribution in [0.2, 0.25) is 0 Å². The van der Waals surface area contributed by atoms with Crippen molar-refractivity contribution in [1.82, 2.24) is 4.98 Å². The zero-order chi connectivity index (χ0) is 26.1. The van der Waals surface area contributed by atoms with Gasteiger partial charge in [-0.2, -0.15) is 0 Å². The van der Waals surface area contributed by atoms with Gasteiger partial charge in [-0.05, 0) is 56.1 Å². The molecule has 1 aliphatic carbocycles. The molecule has 1 fully saturated rings. The van der Waals surface area contributed by atoms with E-state index < -0.39 is 35.6 Å². The number of carbonyl (C=O) groups excluding carboxylic acids is 2. The van der Waals surface area contributed by atoms with E-state index in [4.69, 9.17) is 9.15 Å². The van der Waals surface area contributed by atoms with Gasteiger partial charge in [-0.25, -0.2) is 4.98 Å². The van der Waals surface area contributed by atoms with Gasteiger partial charge in [-0.3, -0.25) is 9.59 Å². The highest BCUT2D eigenvalue weighted by molar-refractivity contribution is 5.88. The molecule has 194 valence electrons. The molecule has 0 amide bonds.